The summed E-state index contributed by atoms with van der Waals surface area (Å²) in [5, 5.41) is 0.461. The molecule has 106 valence electrons. The average molecular weight is 294 g/mol. The third-order valence-corrected chi connectivity index (χ3v) is 3.02. The molecule has 0 aliphatic carbocycles. The Bertz CT molecular complexity index is 614. The van der Waals surface area contributed by atoms with Crippen LogP contribution in [0.2, 0.25) is 5.02 Å². The van der Waals surface area contributed by atoms with Crippen LogP contribution >= 0.6 is 11.6 Å². The molecule has 0 aromatic heterocycles. The SMILES string of the molecule is C/C=C1/C(=O)N(C(=O)OC(C)(C)C)c2cc(Cl)ccc21. The minimum Gasteiger partial charge on any atom is -0.443 e. The molecule has 0 radical (unpaired) electrons. The van der Waals surface area contributed by atoms with E-state index < -0.39 is 11.7 Å². The van der Waals surface area contributed by atoms with Gasteiger partial charge in [0, 0.05) is 16.2 Å². The second kappa shape index (κ2) is 4.94. The maximum atomic E-state index is 12.3. The number of rotatable bonds is 0. The maximum Gasteiger partial charge on any atom is 0.422 e. The van der Waals surface area contributed by atoms with Gasteiger partial charge < -0.3 is 4.74 Å². The summed E-state index contributed by atoms with van der Waals surface area (Å²) in [5.74, 6) is -0.390. The molecule has 0 atom stereocenters. The number of halogens is 1. The van der Waals surface area contributed by atoms with Crippen molar-refractivity contribution in [3.63, 3.8) is 0 Å². The molecule has 0 saturated carbocycles. The summed E-state index contributed by atoms with van der Waals surface area (Å²) >= 11 is 5.96. The number of allylic oxidation sites excluding steroid dienone is 1. The van der Waals surface area contributed by atoms with Crippen molar-refractivity contribution in [1.29, 1.82) is 0 Å². The topological polar surface area (TPSA) is 46.6 Å². The predicted octanol–water partition coefficient (Wildman–Crippen LogP) is 4.03. The molecule has 0 spiro atoms. The van der Waals surface area contributed by atoms with Gasteiger partial charge >= 0.3 is 6.09 Å². The largest absolute Gasteiger partial charge is 0.443 e. The molecule has 0 saturated heterocycles. The second-order valence-electron chi connectivity index (χ2n) is 5.48. The number of amides is 2. The molecule has 2 amide bonds. The summed E-state index contributed by atoms with van der Waals surface area (Å²) in [7, 11) is 0. The summed E-state index contributed by atoms with van der Waals surface area (Å²) in [6.45, 7) is 7.01. The van der Waals surface area contributed by atoms with Gasteiger partial charge in [-0.25, -0.2) is 9.69 Å². The summed E-state index contributed by atoms with van der Waals surface area (Å²) in [4.78, 5) is 25.6. The molecule has 1 heterocycles. The van der Waals surface area contributed by atoms with Crippen LogP contribution in [0.25, 0.3) is 5.57 Å². The Labute approximate surface area is 123 Å². The van der Waals surface area contributed by atoms with Crippen LogP contribution in [0, 0.1) is 0 Å². The van der Waals surface area contributed by atoms with Crippen LogP contribution in [0.3, 0.4) is 0 Å². The van der Waals surface area contributed by atoms with E-state index in [1.165, 1.54) is 0 Å². The van der Waals surface area contributed by atoms with E-state index in [1.807, 2.05) is 0 Å². The van der Waals surface area contributed by atoms with Crippen molar-refractivity contribution in [2.24, 2.45) is 0 Å². The van der Waals surface area contributed by atoms with Crippen molar-refractivity contribution in [2.75, 3.05) is 4.90 Å². The Balaban J connectivity index is 2.48. The lowest BCUT2D eigenvalue weighted by Gasteiger charge is -2.23. The normalized spacial score (nSPS) is 16.6. The van der Waals surface area contributed by atoms with Crippen molar-refractivity contribution in [2.45, 2.75) is 33.3 Å². The number of benzene rings is 1. The molecule has 20 heavy (non-hydrogen) atoms. The van der Waals surface area contributed by atoms with Crippen LogP contribution < -0.4 is 4.90 Å². The molecule has 0 bridgehead atoms. The van der Waals surface area contributed by atoms with Gasteiger partial charge in [-0.2, -0.15) is 0 Å². The Morgan fingerprint density at radius 3 is 2.55 bits per heavy atom. The fourth-order valence-electron chi connectivity index (χ4n) is 2.03. The fourth-order valence-corrected chi connectivity index (χ4v) is 2.20. The molecule has 1 aliphatic heterocycles. The Kier molecular flexibility index (Phi) is 3.61. The van der Waals surface area contributed by atoms with E-state index in [9.17, 15) is 9.59 Å². The van der Waals surface area contributed by atoms with Gasteiger partial charge in [-0.3, -0.25) is 4.79 Å². The molecule has 1 aromatic rings. The second-order valence-corrected chi connectivity index (χ2v) is 5.92. The van der Waals surface area contributed by atoms with Crippen molar-refractivity contribution in [3.05, 3.63) is 34.9 Å². The van der Waals surface area contributed by atoms with E-state index in [4.69, 9.17) is 16.3 Å². The minimum atomic E-state index is -0.692. The highest BCUT2D eigenvalue weighted by Gasteiger charge is 2.38. The summed E-state index contributed by atoms with van der Waals surface area (Å²) in [6, 6.07) is 5.01. The van der Waals surface area contributed by atoms with Crippen LogP contribution in [0.15, 0.2) is 24.3 Å². The molecule has 0 fully saturated rings. The zero-order valence-electron chi connectivity index (χ0n) is 11.9. The number of carbonyl (C=O) groups excluding carboxylic acids is 2. The highest BCUT2D eigenvalue weighted by Crippen LogP contribution is 2.39. The van der Waals surface area contributed by atoms with Gasteiger partial charge in [0.05, 0.1) is 5.69 Å². The van der Waals surface area contributed by atoms with Crippen LogP contribution in [0.5, 0.6) is 0 Å². The average Bonchev–Trinajstić information content (AvgIpc) is 2.57. The molecule has 4 nitrogen and oxygen atoms in total. The molecular formula is C15H16ClNO3. The quantitative estimate of drug-likeness (QED) is 0.679. The standard InChI is InChI=1S/C15H16ClNO3/c1-5-10-11-7-6-9(16)8-12(11)17(13(10)18)14(19)20-15(2,3)4/h5-8H,1-4H3/b10-5+. The van der Waals surface area contributed by atoms with Crippen molar-refractivity contribution in [1.82, 2.24) is 0 Å². The van der Waals surface area contributed by atoms with Gasteiger partial charge in [-0.05, 0) is 39.8 Å². The smallest absolute Gasteiger partial charge is 0.422 e. The van der Waals surface area contributed by atoms with E-state index in [2.05, 4.69) is 0 Å². The Morgan fingerprint density at radius 2 is 2.00 bits per heavy atom. The number of hydrogen-bond donors (Lipinski definition) is 0. The van der Waals surface area contributed by atoms with E-state index in [0.29, 0.717) is 21.8 Å². The first-order valence-electron chi connectivity index (χ1n) is 6.28. The molecule has 0 unspecified atom stereocenters. The van der Waals surface area contributed by atoms with E-state index in [-0.39, 0.29) is 5.91 Å². The lowest BCUT2D eigenvalue weighted by molar-refractivity contribution is -0.112. The fraction of sp³-hybridized carbons (Fsp3) is 0.333. The molecule has 1 aliphatic rings. The van der Waals surface area contributed by atoms with Gasteiger partial charge in [0.25, 0.3) is 5.91 Å². The van der Waals surface area contributed by atoms with Gasteiger partial charge in [0.2, 0.25) is 0 Å². The monoisotopic (exact) mass is 293 g/mol. The first-order valence-corrected chi connectivity index (χ1v) is 6.66. The maximum absolute atomic E-state index is 12.3. The minimum absolute atomic E-state index is 0.390. The van der Waals surface area contributed by atoms with Crippen LogP contribution in [0.1, 0.15) is 33.3 Å². The molecule has 1 aromatic carbocycles. The zero-order chi connectivity index (χ0) is 15.1. The number of nitrogens with zero attached hydrogens (tertiary/aromatic N) is 1. The van der Waals surface area contributed by atoms with Gasteiger partial charge in [0.1, 0.15) is 5.60 Å². The Hall–Kier alpha value is -1.81. The van der Waals surface area contributed by atoms with Crippen molar-refractivity contribution < 1.29 is 14.3 Å². The third-order valence-electron chi connectivity index (χ3n) is 2.79. The van der Waals surface area contributed by atoms with Crippen LogP contribution in [-0.2, 0) is 9.53 Å². The number of anilines is 1. The lowest BCUT2D eigenvalue weighted by Crippen LogP contribution is -2.38. The number of carbonyl (C=O) groups is 2. The summed E-state index contributed by atoms with van der Waals surface area (Å²) < 4.78 is 5.28. The number of fused-ring (bicyclic) bond motifs is 1. The number of ether oxygens (including phenoxy) is 1. The summed E-state index contributed by atoms with van der Waals surface area (Å²) in [5.41, 5.74) is 0.953. The van der Waals surface area contributed by atoms with Gasteiger partial charge in [-0.15, -0.1) is 0 Å². The predicted molar refractivity (Wildman–Crippen MR) is 78.8 cm³/mol. The van der Waals surface area contributed by atoms with Crippen molar-refractivity contribution in [3.8, 4) is 0 Å². The van der Waals surface area contributed by atoms with Crippen LogP contribution in [-0.4, -0.2) is 17.6 Å². The Morgan fingerprint density at radius 1 is 1.35 bits per heavy atom. The molecule has 5 heteroatoms. The highest BCUT2D eigenvalue weighted by atomic mass is 35.5. The van der Waals surface area contributed by atoms with Gasteiger partial charge in [-0.1, -0.05) is 23.7 Å². The first kappa shape index (κ1) is 14.6. The zero-order valence-corrected chi connectivity index (χ0v) is 12.6. The number of imide groups is 1. The highest BCUT2D eigenvalue weighted by molar-refractivity contribution is 6.40. The molecule has 2 rings (SSSR count). The molecular weight excluding hydrogens is 278 g/mol. The number of hydrogen-bond acceptors (Lipinski definition) is 3. The first-order chi connectivity index (χ1) is 9.24. The lowest BCUT2D eigenvalue weighted by atomic mass is 10.1. The van der Waals surface area contributed by atoms with E-state index >= 15 is 0 Å². The van der Waals surface area contributed by atoms with Gasteiger partial charge in [0.15, 0.2) is 0 Å². The van der Waals surface area contributed by atoms with E-state index in [0.717, 1.165) is 4.90 Å². The van der Waals surface area contributed by atoms with E-state index in [1.54, 1.807) is 52.0 Å². The summed E-state index contributed by atoms with van der Waals surface area (Å²) in [6.07, 6.45) is 0.988. The van der Waals surface area contributed by atoms with Crippen molar-refractivity contribution >= 4 is 34.9 Å². The van der Waals surface area contributed by atoms with Crippen LogP contribution in [0.4, 0.5) is 10.5 Å². The molecule has 0 N–H and O–H groups in total. The third kappa shape index (κ3) is 2.56.